The van der Waals surface area contributed by atoms with Crippen LogP contribution >= 0.6 is 0 Å². The Hall–Kier alpha value is -1.78. The molecule has 5 nitrogen and oxygen atoms in total. The smallest absolute Gasteiger partial charge is 0.315 e. The third kappa shape index (κ3) is 3.46. The summed E-state index contributed by atoms with van der Waals surface area (Å²) in [5.74, 6) is -2.55. The quantitative estimate of drug-likeness (QED) is 0.615. The molecule has 1 rings (SSSR count). The van der Waals surface area contributed by atoms with E-state index in [2.05, 4.69) is 10.3 Å². The Bertz CT molecular complexity index is 332. The molecule has 0 saturated carbocycles. The van der Waals surface area contributed by atoms with Gasteiger partial charge >= 0.3 is 5.97 Å². The summed E-state index contributed by atoms with van der Waals surface area (Å²) in [5.41, 5.74) is 1.01. The van der Waals surface area contributed by atoms with Crippen LogP contribution in [0.25, 0.3) is 0 Å². The normalized spacial score (nSPS) is 12.1. The maximum absolute atomic E-state index is 11.2. The van der Waals surface area contributed by atoms with Gasteiger partial charge in [-0.1, -0.05) is 0 Å². The predicted molar refractivity (Wildman–Crippen MR) is 54.3 cm³/mol. The highest BCUT2D eigenvalue weighted by Gasteiger charge is 2.19. The number of carboxylic acid groups (broad SMARTS) is 1. The number of aromatic nitrogens is 1. The van der Waals surface area contributed by atoms with Crippen LogP contribution in [0.1, 0.15) is 12.6 Å². The first kappa shape index (κ1) is 11.3. The predicted octanol–water partition coefficient (Wildman–Crippen LogP) is 0.394. The number of amides is 1. The van der Waals surface area contributed by atoms with E-state index < -0.39 is 17.8 Å². The molecule has 0 fully saturated rings. The van der Waals surface area contributed by atoms with Crippen LogP contribution in [0.5, 0.6) is 0 Å². The molecule has 0 radical (unpaired) electrons. The Labute approximate surface area is 87.5 Å². The number of hydrogen-bond donors (Lipinski definition) is 3. The maximum atomic E-state index is 11.2. The number of aromatic amines is 1. The van der Waals surface area contributed by atoms with Crippen molar-refractivity contribution in [3.05, 3.63) is 24.0 Å². The van der Waals surface area contributed by atoms with E-state index in [9.17, 15) is 9.59 Å². The van der Waals surface area contributed by atoms with Crippen LogP contribution in [0.4, 0.5) is 0 Å². The zero-order valence-electron chi connectivity index (χ0n) is 8.49. The number of carbonyl (C=O) groups is 2. The Kier molecular flexibility index (Phi) is 3.91. The van der Waals surface area contributed by atoms with Crippen LogP contribution in [0.15, 0.2) is 18.3 Å². The van der Waals surface area contributed by atoms with Gasteiger partial charge in [0.05, 0.1) is 0 Å². The van der Waals surface area contributed by atoms with E-state index in [0.717, 1.165) is 5.69 Å². The van der Waals surface area contributed by atoms with Gasteiger partial charge in [-0.2, -0.15) is 0 Å². The highest BCUT2D eigenvalue weighted by Crippen LogP contribution is 1.96. The molecule has 1 atom stereocenters. The second-order valence-corrected chi connectivity index (χ2v) is 3.30. The number of aliphatic carboxylic acids is 1. The summed E-state index contributed by atoms with van der Waals surface area (Å²) in [6, 6.07) is 3.78. The van der Waals surface area contributed by atoms with Crippen molar-refractivity contribution in [1.29, 1.82) is 0 Å². The fourth-order valence-corrected chi connectivity index (χ4v) is 1.11. The Morgan fingerprint density at radius 3 is 2.87 bits per heavy atom. The van der Waals surface area contributed by atoms with E-state index in [0.29, 0.717) is 13.0 Å². The molecule has 15 heavy (non-hydrogen) atoms. The summed E-state index contributed by atoms with van der Waals surface area (Å²) in [6.07, 6.45) is 2.47. The van der Waals surface area contributed by atoms with Gasteiger partial charge in [0, 0.05) is 24.9 Å². The van der Waals surface area contributed by atoms with Gasteiger partial charge < -0.3 is 15.4 Å². The van der Waals surface area contributed by atoms with Crippen LogP contribution < -0.4 is 5.32 Å². The first-order chi connectivity index (χ1) is 7.11. The minimum atomic E-state index is -1.10. The molecule has 82 valence electrons. The van der Waals surface area contributed by atoms with Gasteiger partial charge in [0.25, 0.3) is 0 Å². The molecule has 0 aliphatic carbocycles. The zero-order chi connectivity index (χ0) is 11.3. The average molecular weight is 210 g/mol. The maximum Gasteiger partial charge on any atom is 0.315 e. The van der Waals surface area contributed by atoms with E-state index >= 15 is 0 Å². The van der Waals surface area contributed by atoms with Crippen LogP contribution in [0.3, 0.4) is 0 Å². The molecular formula is C10H14N2O3. The molecule has 0 aliphatic rings. The molecule has 1 heterocycles. The number of carboxylic acids is 1. The fourth-order valence-electron chi connectivity index (χ4n) is 1.11. The molecule has 0 aromatic carbocycles. The molecule has 1 aromatic rings. The molecular weight excluding hydrogens is 196 g/mol. The lowest BCUT2D eigenvalue weighted by atomic mass is 10.1. The molecule has 0 aliphatic heterocycles. The summed E-state index contributed by atoms with van der Waals surface area (Å²) in [4.78, 5) is 24.7. The number of H-pyrrole nitrogens is 1. The molecule has 1 aromatic heterocycles. The topological polar surface area (TPSA) is 82.2 Å². The average Bonchev–Trinajstić information content (AvgIpc) is 2.69. The van der Waals surface area contributed by atoms with E-state index in [1.807, 2.05) is 12.1 Å². The van der Waals surface area contributed by atoms with Crippen LogP contribution in [0, 0.1) is 5.92 Å². The molecule has 5 heteroatoms. The third-order valence-corrected chi connectivity index (χ3v) is 2.12. The summed E-state index contributed by atoms with van der Waals surface area (Å²) in [5, 5.41) is 11.1. The Morgan fingerprint density at radius 2 is 2.33 bits per heavy atom. The van der Waals surface area contributed by atoms with Gasteiger partial charge in [0.1, 0.15) is 5.92 Å². The number of rotatable bonds is 5. The largest absolute Gasteiger partial charge is 0.481 e. The lowest BCUT2D eigenvalue weighted by Crippen LogP contribution is -2.34. The van der Waals surface area contributed by atoms with Crippen molar-refractivity contribution in [3.8, 4) is 0 Å². The van der Waals surface area contributed by atoms with Crippen molar-refractivity contribution in [1.82, 2.24) is 10.3 Å². The van der Waals surface area contributed by atoms with E-state index in [1.165, 1.54) is 6.92 Å². The SMILES string of the molecule is CC(C(=O)O)C(=O)NCCc1ccc[nH]1. The van der Waals surface area contributed by atoms with Crippen LogP contribution in [-0.4, -0.2) is 28.5 Å². The lowest BCUT2D eigenvalue weighted by molar-refractivity contribution is -0.146. The highest BCUT2D eigenvalue weighted by molar-refractivity contribution is 5.96. The Morgan fingerprint density at radius 1 is 1.60 bits per heavy atom. The molecule has 1 amide bonds. The third-order valence-electron chi connectivity index (χ3n) is 2.12. The second-order valence-electron chi connectivity index (χ2n) is 3.30. The summed E-state index contributed by atoms with van der Waals surface area (Å²) in [6.45, 7) is 1.81. The Balaban J connectivity index is 2.26. The zero-order valence-corrected chi connectivity index (χ0v) is 8.49. The van der Waals surface area contributed by atoms with Crippen molar-refractivity contribution >= 4 is 11.9 Å². The van der Waals surface area contributed by atoms with Gasteiger partial charge in [-0.05, 0) is 19.1 Å². The van der Waals surface area contributed by atoms with Crippen molar-refractivity contribution < 1.29 is 14.7 Å². The van der Waals surface area contributed by atoms with Crippen molar-refractivity contribution in [2.45, 2.75) is 13.3 Å². The molecule has 0 spiro atoms. The van der Waals surface area contributed by atoms with Crippen LogP contribution in [-0.2, 0) is 16.0 Å². The number of nitrogens with one attached hydrogen (secondary N) is 2. The minimum absolute atomic E-state index is 0.441. The molecule has 1 unspecified atom stereocenters. The summed E-state index contributed by atoms with van der Waals surface area (Å²) >= 11 is 0. The highest BCUT2D eigenvalue weighted by atomic mass is 16.4. The summed E-state index contributed by atoms with van der Waals surface area (Å²) in [7, 11) is 0. The van der Waals surface area contributed by atoms with Gasteiger partial charge in [-0.3, -0.25) is 9.59 Å². The van der Waals surface area contributed by atoms with E-state index in [1.54, 1.807) is 6.20 Å². The molecule has 0 saturated heterocycles. The van der Waals surface area contributed by atoms with Crippen molar-refractivity contribution in [3.63, 3.8) is 0 Å². The first-order valence-corrected chi connectivity index (χ1v) is 4.74. The van der Waals surface area contributed by atoms with Gasteiger partial charge in [0.15, 0.2) is 0 Å². The van der Waals surface area contributed by atoms with Crippen LogP contribution in [0.2, 0.25) is 0 Å². The van der Waals surface area contributed by atoms with Crippen molar-refractivity contribution in [2.24, 2.45) is 5.92 Å². The van der Waals surface area contributed by atoms with E-state index in [4.69, 9.17) is 5.11 Å². The molecule has 0 bridgehead atoms. The van der Waals surface area contributed by atoms with Gasteiger partial charge in [-0.15, -0.1) is 0 Å². The minimum Gasteiger partial charge on any atom is -0.481 e. The monoisotopic (exact) mass is 210 g/mol. The molecule has 3 N–H and O–H groups in total. The first-order valence-electron chi connectivity index (χ1n) is 4.74. The standard InChI is InChI=1S/C10H14N2O3/c1-7(10(14)15)9(13)12-6-4-8-3-2-5-11-8/h2-3,5,7,11H,4,6H2,1H3,(H,12,13)(H,14,15). The number of carbonyl (C=O) groups excluding carboxylic acids is 1. The second kappa shape index (κ2) is 5.19. The van der Waals surface area contributed by atoms with Crippen molar-refractivity contribution in [2.75, 3.05) is 6.54 Å². The lowest BCUT2D eigenvalue weighted by Gasteiger charge is -2.07. The fraction of sp³-hybridized carbons (Fsp3) is 0.400. The summed E-state index contributed by atoms with van der Waals surface area (Å²) < 4.78 is 0. The van der Waals surface area contributed by atoms with E-state index in [-0.39, 0.29) is 0 Å². The number of hydrogen-bond acceptors (Lipinski definition) is 2. The van der Waals surface area contributed by atoms with Gasteiger partial charge in [0.2, 0.25) is 5.91 Å². The van der Waals surface area contributed by atoms with Gasteiger partial charge in [-0.25, -0.2) is 0 Å².